The van der Waals surface area contributed by atoms with E-state index in [0.29, 0.717) is 5.92 Å². The molecular formula is C16H27BO2. The lowest BCUT2D eigenvalue weighted by atomic mass is 9.50. The molecule has 2 nitrogen and oxygen atoms in total. The average Bonchev–Trinajstić information content (AvgIpc) is 2.76. The maximum absolute atomic E-state index is 9.72. The second-order valence-electron chi connectivity index (χ2n) is 7.77. The van der Waals surface area contributed by atoms with E-state index >= 15 is 0 Å². The Balaban J connectivity index is 1.65. The van der Waals surface area contributed by atoms with Crippen molar-refractivity contribution in [3.05, 3.63) is 0 Å². The van der Waals surface area contributed by atoms with E-state index in [4.69, 9.17) is 0 Å². The first kappa shape index (κ1) is 12.7. The molecule has 0 aromatic rings. The Morgan fingerprint density at radius 1 is 0.579 bits per heavy atom. The molecule has 0 aromatic carbocycles. The Labute approximate surface area is 117 Å². The SMILES string of the molecule is OB(O)C1CCC2C3CCCCC3C3CCCC1C32. The number of hydrogen-bond donors (Lipinski definition) is 2. The van der Waals surface area contributed by atoms with E-state index in [0.717, 1.165) is 36.0 Å². The molecule has 7 unspecified atom stereocenters. The van der Waals surface area contributed by atoms with E-state index in [-0.39, 0.29) is 5.82 Å². The minimum atomic E-state index is -1.06. The summed E-state index contributed by atoms with van der Waals surface area (Å²) in [6.07, 6.45) is 12.2. The molecule has 0 bridgehead atoms. The van der Waals surface area contributed by atoms with Gasteiger partial charge in [0, 0.05) is 0 Å². The summed E-state index contributed by atoms with van der Waals surface area (Å²) in [4.78, 5) is 0. The molecule has 4 saturated carbocycles. The summed E-state index contributed by atoms with van der Waals surface area (Å²) >= 11 is 0. The van der Waals surface area contributed by atoms with Crippen molar-refractivity contribution >= 4 is 7.12 Å². The lowest BCUT2D eigenvalue weighted by molar-refractivity contribution is 0.0719. The van der Waals surface area contributed by atoms with Crippen LogP contribution in [0, 0.1) is 35.5 Å². The number of rotatable bonds is 1. The van der Waals surface area contributed by atoms with Gasteiger partial charge >= 0.3 is 7.12 Å². The van der Waals surface area contributed by atoms with Gasteiger partial charge in [0.2, 0.25) is 0 Å². The molecule has 106 valence electrons. The highest BCUT2D eigenvalue weighted by atomic mass is 16.4. The van der Waals surface area contributed by atoms with E-state index in [1.165, 1.54) is 51.4 Å². The normalized spacial score (nSPS) is 52.4. The molecule has 0 aliphatic heterocycles. The Morgan fingerprint density at radius 3 is 1.84 bits per heavy atom. The van der Waals surface area contributed by atoms with Crippen LogP contribution < -0.4 is 0 Å². The first-order chi connectivity index (χ1) is 9.27. The minimum absolute atomic E-state index is 0.184. The monoisotopic (exact) mass is 262 g/mol. The second kappa shape index (κ2) is 4.77. The molecule has 4 fully saturated rings. The highest BCUT2D eigenvalue weighted by Crippen LogP contribution is 2.64. The summed E-state index contributed by atoms with van der Waals surface area (Å²) in [5.41, 5.74) is 0. The van der Waals surface area contributed by atoms with Crippen LogP contribution in [-0.2, 0) is 0 Å². The van der Waals surface area contributed by atoms with Gasteiger partial charge in [0.25, 0.3) is 0 Å². The minimum Gasteiger partial charge on any atom is -0.427 e. The van der Waals surface area contributed by atoms with Gasteiger partial charge in [-0.05, 0) is 60.6 Å². The van der Waals surface area contributed by atoms with Gasteiger partial charge in [-0.2, -0.15) is 0 Å². The fraction of sp³-hybridized carbons (Fsp3) is 1.00. The summed E-state index contributed by atoms with van der Waals surface area (Å²) in [6, 6.07) is 0. The van der Waals surface area contributed by atoms with Crippen molar-refractivity contribution in [3.8, 4) is 0 Å². The third kappa shape index (κ3) is 1.84. The van der Waals surface area contributed by atoms with Gasteiger partial charge in [0.05, 0.1) is 0 Å². The molecule has 19 heavy (non-hydrogen) atoms. The Kier molecular flexibility index (Phi) is 3.19. The molecule has 4 aliphatic rings. The fourth-order valence-electron chi connectivity index (χ4n) is 6.84. The molecule has 0 saturated heterocycles. The van der Waals surface area contributed by atoms with Gasteiger partial charge in [-0.3, -0.25) is 0 Å². The van der Waals surface area contributed by atoms with Gasteiger partial charge in [0.15, 0.2) is 0 Å². The van der Waals surface area contributed by atoms with Crippen molar-refractivity contribution < 1.29 is 10.0 Å². The lowest BCUT2D eigenvalue weighted by Gasteiger charge is -2.46. The van der Waals surface area contributed by atoms with Crippen LogP contribution in [0.5, 0.6) is 0 Å². The zero-order valence-corrected chi connectivity index (χ0v) is 11.9. The molecular weight excluding hydrogens is 235 g/mol. The topological polar surface area (TPSA) is 40.5 Å². The molecule has 4 aliphatic carbocycles. The van der Waals surface area contributed by atoms with Crippen LogP contribution in [0.1, 0.15) is 57.8 Å². The maximum Gasteiger partial charge on any atom is 0.455 e. The van der Waals surface area contributed by atoms with Crippen molar-refractivity contribution in [1.82, 2.24) is 0 Å². The van der Waals surface area contributed by atoms with Gasteiger partial charge in [-0.1, -0.05) is 38.5 Å². The highest BCUT2D eigenvalue weighted by Gasteiger charge is 2.57. The first-order valence-corrected chi connectivity index (χ1v) is 8.63. The van der Waals surface area contributed by atoms with Crippen molar-refractivity contribution in [3.63, 3.8) is 0 Å². The van der Waals surface area contributed by atoms with Gasteiger partial charge < -0.3 is 10.0 Å². The zero-order valence-electron chi connectivity index (χ0n) is 11.9. The Bertz CT molecular complexity index is 332. The highest BCUT2D eigenvalue weighted by molar-refractivity contribution is 6.43. The maximum atomic E-state index is 9.72. The predicted molar refractivity (Wildman–Crippen MR) is 76.4 cm³/mol. The standard InChI is InChI=1S/C16H27BO2/c18-17(19)15-9-8-13-11-5-2-1-4-10(11)12-6-3-7-14(15)16(12)13/h10-16,18-19H,1-9H2. The first-order valence-electron chi connectivity index (χ1n) is 8.63. The van der Waals surface area contributed by atoms with Crippen LogP contribution in [0.15, 0.2) is 0 Å². The van der Waals surface area contributed by atoms with Crippen LogP contribution in [0.25, 0.3) is 0 Å². The fourth-order valence-corrected chi connectivity index (χ4v) is 6.84. The van der Waals surface area contributed by atoms with E-state index in [9.17, 15) is 10.0 Å². The van der Waals surface area contributed by atoms with E-state index in [1.54, 1.807) is 0 Å². The molecule has 0 radical (unpaired) electrons. The average molecular weight is 262 g/mol. The van der Waals surface area contributed by atoms with Crippen molar-refractivity contribution in [1.29, 1.82) is 0 Å². The van der Waals surface area contributed by atoms with Crippen molar-refractivity contribution in [2.75, 3.05) is 0 Å². The summed E-state index contributed by atoms with van der Waals surface area (Å²) in [5.74, 6) is 5.54. The summed E-state index contributed by atoms with van der Waals surface area (Å²) < 4.78 is 0. The lowest BCUT2D eigenvalue weighted by Crippen LogP contribution is -2.41. The van der Waals surface area contributed by atoms with E-state index < -0.39 is 7.12 Å². The third-order valence-corrected chi connectivity index (χ3v) is 7.30. The van der Waals surface area contributed by atoms with E-state index in [1.807, 2.05) is 0 Å². The van der Waals surface area contributed by atoms with Gasteiger partial charge in [-0.25, -0.2) is 0 Å². The van der Waals surface area contributed by atoms with Crippen LogP contribution in [0.2, 0.25) is 5.82 Å². The van der Waals surface area contributed by atoms with Crippen molar-refractivity contribution in [2.24, 2.45) is 35.5 Å². The second-order valence-corrected chi connectivity index (χ2v) is 7.77. The summed E-state index contributed by atoms with van der Waals surface area (Å²) in [7, 11) is -1.06. The Hall–Kier alpha value is -0.0151. The molecule has 0 spiro atoms. The molecule has 7 atom stereocenters. The van der Waals surface area contributed by atoms with Crippen LogP contribution in [0.4, 0.5) is 0 Å². The molecule has 3 heteroatoms. The molecule has 0 heterocycles. The van der Waals surface area contributed by atoms with Crippen molar-refractivity contribution in [2.45, 2.75) is 63.6 Å². The molecule has 0 amide bonds. The molecule has 2 N–H and O–H groups in total. The summed E-state index contributed by atoms with van der Waals surface area (Å²) in [5, 5.41) is 19.4. The zero-order chi connectivity index (χ0) is 13.0. The predicted octanol–water partition coefficient (Wildman–Crippen LogP) is 3.09. The largest absolute Gasteiger partial charge is 0.455 e. The van der Waals surface area contributed by atoms with Gasteiger partial charge in [-0.15, -0.1) is 0 Å². The molecule has 4 rings (SSSR count). The Morgan fingerprint density at radius 2 is 1.16 bits per heavy atom. The van der Waals surface area contributed by atoms with Crippen LogP contribution in [-0.4, -0.2) is 17.2 Å². The number of hydrogen-bond acceptors (Lipinski definition) is 2. The molecule has 0 aromatic heterocycles. The number of fused-ring (bicyclic) bond motifs is 3. The smallest absolute Gasteiger partial charge is 0.427 e. The quantitative estimate of drug-likeness (QED) is 0.713. The van der Waals surface area contributed by atoms with E-state index in [2.05, 4.69) is 0 Å². The van der Waals surface area contributed by atoms with Crippen LogP contribution >= 0.6 is 0 Å². The van der Waals surface area contributed by atoms with Gasteiger partial charge in [0.1, 0.15) is 0 Å². The van der Waals surface area contributed by atoms with Crippen LogP contribution in [0.3, 0.4) is 0 Å². The summed E-state index contributed by atoms with van der Waals surface area (Å²) in [6.45, 7) is 0. The third-order valence-electron chi connectivity index (χ3n) is 7.30.